The van der Waals surface area contributed by atoms with Gasteiger partial charge in [-0.3, -0.25) is 4.90 Å². The lowest BCUT2D eigenvalue weighted by Gasteiger charge is -2.25. The van der Waals surface area contributed by atoms with E-state index in [0.717, 1.165) is 5.56 Å². The molecule has 24 heavy (non-hydrogen) atoms. The minimum Gasteiger partial charge on any atom is -0.295 e. The van der Waals surface area contributed by atoms with Gasteiger partial charge in [0.1, 0.15) is 5.82 Å². The van der Waals surface area contributed by atoms with Crippen LogP contribution < -0.4 is 0 Å². The van der Waals surface area contributed by atoms with Crippen molar-refractivity contribution in [1.29, 1.82) is 5.26 Å². The number of halogens is 1. The standard InChI is InChI=1S/C18H19FN2O2S/c1-13(15-5-7-17(8-6-15)24(3,22)23)21(2)12-16-10-14(11-20)4-9-18(16)19/h4-10,13H,12H2,1-3H3. The number of sulfone groups is 1. The van der Waals surface area contributed by atoms with Gasteiger partial charge in [0, 0.05) is 24.4 Å². The Bertz CT molecular complexity index is 871. The molecule has 1 atom stereocenters. The molecule has 0 saturated heterocycles. The summed E-state index contributed by atoms with van der Waals surface area (Å²) in [5.41, 5.74) is 1.81. The lowest BCUT2D eigenvalue weighted by atomic mass is 10.1. The highest BCUT2D eigenvalue weighted by molar-refractivity contribution is 7.90. The Morgan fingerprint density at radius 2 is 1.83 bits per heavy atom. The highest BCUT2D eigenvalue weighted by Crippen LogP contribution is 2.23. The summed E-state index contributed by atoms with van der Waals surface area (Å²) in [7, 11) is -1.37. The first-order valence-electron chi connectivity index (χ1n) is 7.41. The van der Waals surface area contributed by atoms with E-state index in [4.69, 9.17) is 5.26 Å². The van der Waals surface area contributed by atoms with Gasteiger partial charge in [-0.05, 0) is 49.9 Å². The summed E-state index contributed by atoms with van der Waals surface area (Å²) in [5, 5.41) is 8.93. The van der Waals surface area contributed by atoms with Crippen molar-refractivity contribution in [3.05, 3.63) is 65.0 Å². The summed E-state index contributed by atoms with van der Waals surface area (Å²) in [6, 6.07) is 12.9. The summed E-state index contributed by atoms with van der Waals surface area (Å²) in [5.74, 6) is -0.347. The first kappa shape index (κ1) is 18.1. The van der Waals surface area contributed by atoms with Gasteiger partial charge in [0.15, 0.2) is 9.84 Å². The van der Waals surface area contributed by atoms with E-state index in [2.05, 4.69) is 0 Å². The van der Waals surface area contributed by atoms with Crippen LogP contribution in [0.1, 0.15) is 29.7 Å². The summed E-state index contributed by atoms with van der Waals surface area (Å²) < 4.78 is 36.9. The molecule has 0 saturated carbocycles. The molecule has 0 aliphatic heterocycles. The van der Waals surface area contributed by atoms with Crippen molar-refractivity contribution in [3.8, 4) is 6.07 Å². The molecule has 0 spiro atoms. The Hall–Kier alpha value is -2.23. The average molecular weight is 346 g/mol. The maximum Gasteiger partial charge on any atom is 0.175 e. The molecule has 2 aromatic rings. The van der Waals surface area contributed by atoms with Crippen molar-refractivity contribution in [2.24, 2.45) is 0 Å². The molecule has 0 aliphatic carbocycles. The van der Waals surface area contributed by atoms with Gasteiger partial charge in [0.2, 0.25) is 0 Å². The minimum absolute atomic E-state index is 0.0382. The lowest BCUT2D eigenvalue weighted by molar-refractivity contribution is 0.249. The van der Waals surface area contributed by atoms with Crippen molar-refractivity contribution in [2.45, 2.75) is 24.4 Å². The molecule has 2 rings (SSSR count). The number of nitriles is 1. The molecule has 126 valence electrons. The molecule has 0 radical (unpaired) electrons. The molecule has 0 fully saturated rings. The third-order valence-corrected chi connectivity index (χ3v) is 5.17. The van der Waals surface area contributed by atoms with Gasteiger partial charge in [-0.25, -0.2) is 12.8 Å². The number of nitrogens with zero attached hydrogens (tertiary/aromatic N) is 2. The van der Waals surface area contributed by atoms with Crippen LogP contribution in [0.25, 0.3) is 0 Å². The van der Waals surface area contributed by atoms with E-state index in [1.807, 2.05) is 24.9 Å². The molecule has 0 heterocycles. The predicted octanol–water partition coefficient (Wildman–Crippen LogP) is 3.29. The molecule has 0 aliphatic rings. The smallest absolute Gasteiger partial charge is 0.175 e. The van der Waals surface area contributed by atoms with Gasteiger partial charge in [-0.2, -0.15) is 5.26 Å². The molecule has 6 heteroatoms. The number of benzene rings is 2. The zero-order valence-electron chi connectivity index (χ0n) is 13.8. The van der Waals surface area contributed by atoms with E-state index in [9.17, 15) is 12.8 Å². The highest BCUT2D eigenvalue weighted by atomic mass is 32.2. The number of hydrogen-bond acceptors (Lipinski definition) is 4. The second-order valence-corrected chi connectivity index (χ2v) is 7.87. The Balaban J connectivity index is 2.18. The molecule has 1 unspecified atom stereocenters. The van der Waals surface area contributed by atoms with Crippen LogP contribution in [-0.4, -0.2) is 26.6 Å². The quantitative estimate of drug-likeness (QED) is 0.833. The molecular formula is C18H19FN2O2S. The predicted molar refractivity (Wildman–Crippen MR) is 90.5 cm³/mol. The van der Waals surface area contributed by atoms with Crippen LogP contribution >= 0.6 is 0 Å². The van der Waals surface area contributed by atoms with Crippen LogP contribution in [0.15, 0.2) is 47.4 Å². The lowest BCUT2D eigenvalue weighted by Crippen LogP contribution is -2.22. The van der Waals surface area contributed by atoms with Crippen LogP contribution in [0.4, 0.5) is 4.39 Å². The van der Waals surface area contributed by atoms with Crippen LogP contribution in [0.5, 0.6) is 0 Å². The topological polar surface area (TPSA) is 61.2 Å². The molecule has 0 bridgehead atoms. The SMILES string of the molecule is CC(c1ccc(S(C)(=O)=O)cc1)N(C)Cc1cc(C#N)ccc1F. The zero-order valence-corrected chi connectivity index (χ0v) is 14.6. The maximum atomic E-state index is 13.9. The van der Waals surface area contributed by atoms with Crippen LogP contribution in [0.2, 0.25) is 0 Å². The van der Waals surface area contributed by atoms with Crippen molar-refractivity contribution < 1.29 is 12.8 Å². The Kier molecular flexibility index (Phi) is 5.37. The molecule has 0 amide bonds. The van der Waals surface area contributed by atoms with Gasteiger partial charge in [-0.15, -0.1) is 0 Å². The van der Waals surface area contributed by atoms with Crippen molar-refractivity contribution in [1.82, 2.24) is 4.90 Å². The summed E-state index contributed by atoms with van der Waals surface area (Å²) in [6.07, 6.45) is 1.17. The summed E-state index contributed by atoms with van der Waals surface area (Å²) in [6.45, 7) is 2.30. The van der Waals surface area contributed by atoms with Crippen molar-refractivity contribution in [3.63, 3.8) is 0 Å². The molecule has 0 N–H and O–H groups in total. The third kappa shape index (κ3) is 4.19. The largest absolute Gasteiger partial charge is 0.295 e. The van der Waals surface area contributed by atoms with Gasteiger partial charge in [0.25, 0.3) is 0 Å². The molecule has 4 nitrogen and oxygen atoms in total. The first-order chi connectivity index (χ1) is 11.2. The van der Waals surface area contributed by atoms with Gasteiger partial charge >= 0.3 is 0 Å². The summed E-state index contributed by atoms with van der Waals surface area (Å²) >= 11 is 0. The van der Waals surface area contributed by atoms with Crippen molar-refractivity contribution >= 4 is 9.84 Å². The average Bonchev–Trinajstić information content (AvgIpc) is 2.55. The maximum absolute atomic E-state index is 13.9. The van der Waals surface area contributed by atoms with Gasteiger partial charge < -0.3 is 0 Å². The minimum atomic E-state index is -3.22. The second-order valence-electron chi connectivity index (χ2n) is 5.85. The van der Waals surface area contributed by atoms with E-state index in [1.165, 1.54) is 18.4 Å². The van der Waals surface area contributed by atoms with E-state index in [-0.39, 0.29) is 16.8 Å². The van der Waals surface area contributed by atoms with Crippen LogP contribution in [-0.2, 0) is 16.4 Å². The Labute approximate surface area is 142 Å². The van der Waals surface area contributed by atoms with E-state index in [1.54, 1.807) is 30.3 Å². The van der Waals surface area contributed by atoms with Crippen molar-refractivity contribution in [2.75, 3.05) is 13.3 Å². The number of rotatable bonds is 5. The highest BCUT2D eigenvalue weighted by Gasteiger charge is 2.15. The van der Waals surface area contributed by atoms with Gasteiger partial charge in [0.05, 0.1) is 16.5 Å². The Morgan fingerprint density at radius 1 is 1.21 bits per heavy atom. The number of hydrogen-bond donors (Lipinski definition) is 0. The normalized spacial score (nSPS) is 12.8. The van der Waals surface area contributed by atoms with E-state index >= 15 is 0 Å². The monoisotopic (exact) mass is 346 g/mol. The fraction of sp³-hybridized carbons (Fsp3) is 0.278. The Morgan fingerprint density at radius 3 is 2.38 bits per heavy atom. The van der Waals surface area contributed by atoms with E-state index < -0.39 is 9.84 Å². The van der Waals surface area contributed by atoms with Gasteiger partial charge in [-0.1, -0.05) is 12.1 Å². The fourth-order valence-electron chi connectivity index (χ4n) is 2.42. The first-order valence-corrected chi connectivity index (χ1v) is 9.30. The van der Waals surface area contributed by atoms with E-state index in [0.29, 0.717) is 17.7 Å². The third-order valence-electron chi connectivity index (χ3n) is 4.05. The molecule has 2 aromatic carbocycles. The molecular weight excluding hydrogens is 327 g/mol. The molecule has 0 aromatic heterocycles. The zero-order chi connectivity index (χ0) is 17.9. The van der Waals surface area contributed by atoms with Crippen LogP contribution in [0, 0.1) is 17.1 Å². The second kappa shape index (κ2) is 7.12. The fourth-order valence-corrected chi connectivity index (χ4v) is 3.05. The van der Waals surface area contributed by atoms with Crippen LogP contribution in [0.3, 0.4) is 0 Å². The summed E-state index contributed by atoms with van der Waals surface area (Å²) in [4.78, 5) is 2.21.